The zero-order valence-electron chi connectivity index (χ0n) is 9.87. The third kappa shape index (κ3) is 2.20. The molecule has 1 fully saturated rings. The average molecular weight is 238 g/mol. The van der Waals surface area contributed by atoms with Gasteiger partial charge in [-0.1, -0.05) is 19.1 Å². The number of hydrogen-bond donors (Lipinski definition) is 2. The molecule has 0 aromatic rings. The highest BCUT2D eigenvalue weighted by atomic mass is 16.4. The number of amides is 1. The highest BCUT2D eigenvalue weighted by Crippen LogP contribution is 2.28. The largest absolute Gasteiger partial charge is 0.480 e. The maximum atomic E-state index is 12.2. The first-order chi connectivity index (χ1) is 8.00. The normalized spacial score (nSPS) is 36.5. The topological polar surface area (TPSA) is 83.6 Å². The summed E-state index contributed by atoms with van der Waals surface area (Å²) >= 11 is 0. The molecule has 2 aliphatic rings. The zero-order valence-corrected chi connectivity index (χ0v) is 9.87. The predicted molar refractivity (Wildman–Crippen MR) is 62.1 cm³/mol. The molecule has 0 radical (unpaired) electrons. The van der Waals surface area contributed by atoms with E-state index < -0.39 is 12.0 Å². The van der Waals surface area contributed by atoms with Gasteiger partial charge in [-0.15, -0.1) is 0 Å². The molecular weight excluding hydrogens is 220 g/mol. The van der Waals surface area contributed by atoms with Gasteiger partial charge in [0, 0.05) is 12.6 Å². The summed E-state index contributed by atoms with van der Waals surface area (Å²) in [4.78, 5) is 24.9. The lowest BCUT2D eigenvalue weighted by molar-refractivity contribution is -0.150. The van der Waals surface area contributed by atoms with E-state index in [0.29, 0.717) is 13.0 Å². The molecule has 5 heteroatoms. The van der Waals surface area contributed by atoms with Crippen LogP contribution in [0.15, 0.2) is 12.2 Å². The number of carboxylic acids is 1. The number of carboxylic acid groups (broad SMARTS) is 1. The van der Waals surface area contributed by atoms with Crippen LogP contribution in [0.25, 0.3) is 0 Å². The van der Waals surface area contributed by atoms with E-state index in [1.807, 2.05) is 13.0 Å². The van der Waals surface area contributed by atoms with Crippen LogP contribution in [0.4, 0.5) is 0 Å². The van der Waals surface area contributed by atoms with Gasteiger partial charge in [-0.2, -0.15) is 0 Å². The van der Waals surface area contributed by atoms with Gasteiger partial charge in [-0.3, -0.25) is 4.79 Å². The van der Waals surface area contributed by atoms with Crippen LogP contribution in [-0.4, -0.2) is 40.5 Å². The molecule has 0 aromatic heterocycles. The lowest BCUT2D eigenvalue weighted by Gasteiger charge is -2.25. The van der Waals surface area contributed by atoms with E-state index in [1.165, 1.54) is 4.90 Å². The molecule has 94 valence electrons. The minimum Gasteiger partial charge on any atom is -0.480 e. The predicted octanol–water partition coefficient (Wildman–Crippen LogP) is 0.211. The van der Waals surface area contributed by atoms with E-state index >= 15 is 0 Å². The molecular formula is C12H18N2O3. The molecule has 0 spiro atoms. The second-order valence-electron chi connectivity index (χ2n) is 4.97. The summed E-state index contributed by atoms with van der Waals surface area (Å²) < 4.78 is 0. The van der Waals surface area contributed by atoms with E-state index in [0.717, 1.165) is 6.42 Å². The van der Waals surface area contributed by atoms with E-state index in [1.54, 1.807) is 6.08 Å². The van der Waals surface area contributed by atoms with Crippen molar-refractivity contribution in [2.24, 2.45) is 17.6 Å². The van der Waals surface area contributed by atoms with Crippen LogP contribution in [0.1, 0.15) is 19.8 Å². The monoisotopic (exact) mass is 238 g/mol. The van der Waals surface area contributed by atoms with Crippen LogP contribution in [0, 0.1) is 11.8 Å². The van der Waals surface area contributed by atoms with Gasteiger partial charge in [0.1, 0.15) is 6.04 Å². The summed E-state index contributed by atoms with van der Waals surface area (Å²) in [6.07, 6.45) is 4.97. The first kappa shape index (κ1) is 12.1. The quantitative estimate of drug-likeness (QED) is 0.674. The van der Waals surface area contributed by atoms with Crippen LogP contribution >= 0.6 is 0 Å². The molecule has 2 rings (SSSR count). The molecule has 1 aliphatic heterocycles. The summed E-state index contributed by atoms with van der Waals surface area (Å²) in [6, 6.07) is -0.750. The van der Waals surface area contributed by atoms with Crippen molar-refractivity contribution in [3.05, 3.63) is 12.2 Å². The molecule has 4 unspecified atom stereocenters. The lowest BCUT2D eigenvalue weighted by Crippen LogP contribution is -2.45. The number of nitrogens with zero attached hydrogens (tertiary/aromatic N) is 1. The molecule has 17 heavy (non-hydrogen) atoms. The maximum Gasteiger partial charge on any atom is 0.326 e. The van der Waals surface area contributed by atoms with E-state index in [2.05, 4.69) is 0 Å². The zero-order chi connectivity index (χ0) is 12.6. The Morgan fingerprint density at radius 2 is 2.12 bits per heavy atom. The van der Waals surface area contributed by atoms with Gasteiger partial charge in [0.2, 0.25) is 5.91 Å². The highest BCUT2D eigenvalue weighted by Gasteiger charge is 2.41. The summed E-state index contributed by atoms with van der Waals surface area (Å²) in [7, 11) is 0. The summed E-state index contributed by atoms with van der Waals surface area (Å²) in [5.41, 5.74) is 5.71. The molecule has 0 bridgehead atoms. The van der Waals surface area contributed by atoms with Gasteiger partial charge in [0.05, 0.1) is 5.92 Å². The second-order valence-corrected chi connectivity index (χ2v) is 4.97. The van der Waals surface area contributed by atoms with Gasteiger partial charge in [-0.05, 0) is 18.8 Å². The van der Waals surface area contributed by atoms with Crippen LogP contribution in [-0.2, 0) is 9.59 Å². The fraction of sp³-hybridized carbons (Fsp3) is 0.667. The van der Waals surface area contributed by atoms with Crippen molar-refractivity contribution in [3.63, 3.8) is 0 Å². The van der Waals surface area contributed by atoms with Crippen molar-refractivity contribution in [2.45, 2.75) is 31.8 Å². The van der Waals surface area contributed by atoms with Crippen molar-refractivity contribution in [1.29, 1.82) is 0 Å². The minimum atomic E-state index is -0.908. The third-order valence-electron chi connectivity index (χ3n) is 3.67. The van der Waals surface area contributed by atoms with Gasteiger partial charge in [-0.25, -0.2) is 4.79 Å². The van der Waals surface area contributed by atoms with Crippen LogP contribution in [0.2, 0.25) is 0 Å². The average Bonchev–Trinajstić information content (AvgIpc) is 2.83. The van der Waals surface area contributed by atoms with Crippen LogP contribution in [0.3, 0.4) is 0 Å². The number of likely N-dealkylation sites (tertiary alicyclic amines) is 1. The third-order valence-corrected chi connectivity index (χ3v) is 3.67. The summed E-state index contributed by atoms with van der Waals surface area (Å²) in [5, 5.41) is 9.16. The van der Waals surface area contributed by atoms with E-state index in [9.17, 15) is 9.59 Å². The summed E-state index contributed by atoms with van der Waals surface area (Å²) in [5.74, 6) is -1.21. The van der Waals surface area contributed by atoms with Gasteiger partial charge in [0.15, 0.2) is 0 Å². The standard InChI is InChI=1S/C12H18N2O3/c1-7-4-5-14(10(7)12(16)17)11(15)8-2-3-9(13)6-8/h2-3,7-10H,4-6,13H2,1H3,(H,16,17). The number of aliphatic carboxylic acids is 1. The first-order valence-electron chi connectivity index (χ1n) is 5.98. The molecule has 1 amide bonds. The van der Waals surface area contributed by atoms with E-state index in [-0.39, 0.29) is 23.8 Å². The highest BCUT2D eigenvalue weighted by molar-refractivity contribution is 5.87. The Bertz CT molecular complexity index is 367. The van der Waals surface area contributed by atoms with Gasteiger partial charge >= 0.3 is 5.97 Å². The Hall–Kier alpha value is -1.36. The molecule has 5 nitrogen and oxygen atoms in total. The number of hydrogen-bond acceptors (Lipinski definition) is 3. The Balaban J connectivity index is 2.09. The molecule has 3 N–H and O–H groups in total. The molecule has 0 saturated carbocycles. The second kappa shape index (κ2) is 4.49. The molecule has 1 heterocycles. The maximum absolute atomic E-state index is 12.2. The van der Waals surface area contributed by atoms with Crippen molar-refractivity contribution in [3.8, 4) is 0 Å². The van der Waals surface area contributed by atoms with Crippen LogP contribution < -0.4 is 5.73 Å². The summed E-state index contributed by atoms with van der Waals surface area (Å²) in [6.45, 7) is 2.42. The Morgan fingerprint density at radius 1 is 1.41 bits per heavy atom. The van der Waals surface area contributed by atoms with Crippen molar-refractivity contribution in [2.75, 3.05) is 6.54 Å². The molecule has 1 aliphatic carbocycles. The Labute approximate surface area is 100 Å². The number of carbonyl (C=O) groups excluding carboxylic acids is 1. The van der Waals surface area contributed by atoms with Gasteiger partial charge in [0.25, 0.3) is 0 Å². The smallest absolute Gasteiger partial charge is 0.326 e. The molecule has 0 aromatic carbocycles. The first-order valence-corrected chi connectivity index (χ1v) is 5.98. The Morgan fingerprint density at radius 3 is 2.65 bits per heavy atom. The molecule has 1 saturated heterocycles. The Kier molecular flexibility index (Phi) is 3.19. The number of nitrogens with two attached hydrogens (primary N) is 1. The van der Waals surface area contributed by atoms with Gasteiger partial charge < -0.3 is 15.7 Å². The fourth-order valence-electron chi connectivity index (χ4n) is 2.69. The lowest BCUT2D eigenvalue weighted by atomic mass is 10.0. The number of carbonyl (C=O) groups is 2. The fourth-order valence-corrected chi connectivity index (χ4v) is 2.69. The number of rotatable bonds is 2. The minimum absolute atomic E-state index is 0.0236. The van der Waals surface area contributed by atoms with Crippen molar-refractivity contribution < 1.29 is 14.7 Å². The van der Waals surface area contributed by atoms with Crippen LogP contribution in [0.5, 0.6) is 0 Å². The molecule has 4 atom stereocenters. The van der Waals surface area contributed by atoms with E-state index in [4.69, 9.17) is 10.8 Å². The SMILES string of the molecule is CC1CCN(C(=O)C2C=CC(N)C2)C1C(=O)O. The van der Waals surface area contributed by atoms with Crippen molar-refractivity contribution in [1.82, 2.24) is 4.90 Å². The van der Waals surface area contributed by atoms with Crippen molar-refractivity contribution >= 4 is 11.9 Å².